The Hall–Kier alpha value is -1.80. The van der Waals surface area contributed by atoms with Gasteiger partial charge in [-0.15, -0.1) is 11.3 Å². The molecule has 106 valence electrons. The summed E-state index contributed by atoms with van der Waals surface area (Å²) in [4.78, 5) is 27.8. The summed E-state index contributed by atoms with van der Waals surface area (Å²) in [5.41, 5.74) is 6.81. The quantitative estimate of drug-likeness (QED) is 0.659. The van der Waals surface area contributed by atoms with Crippen molar-refractivity contribution in [2.24, 2.45) is 0 Å². The number of esters is 2. The molecular formula is C12H12N2O4S2. The molecule has 0 aliphatic heterocycles. The van der Waals surface area contributed by atoms with Gasteiger partial charge in [0.2, 0.25) is 0 Å². The third-order valence-electron chi connectivity index (χ3n) is 2.53. The standard InChI is InChI=1S/C12H12N2O4S2/c1-17-12(16)10-9(13)7-3-2-6(14-11(7)20-10)4-18-8(15)5-19/h2-3,19H,4-5,13H2,1H3. The van der Waals surface area contributed by atoms with Gasteiger partial charge in [-0.25, -0.2) is 9.78 Å². The zero-order chi connectivity index (χ0) is 14.7. The fourth-order valence-electron chi connectivity index (χ4n) is 1.56. The predicted octanol–water partition coefficient (Wildman–Crippen LogP) is 1.64. The molecule has 0 atom stereocenters. The van der Waals surface area contributed by atoms with Gasteiger partial charge in [-0.3, -0.25) is 4.79 Å². The Balaban J connectivity index is 2.30. The SMILES string of the molecule is COC(=O)c1sc2nc(COC(=O)CS)ccc2c1N. The first-order valence-electron chi connectivity index (χ1n) is 5.59. The Morgan fingerprint density at radius 1 is 1.45 bits per heavy atom. The molecule has 0 saturated heterocycles. The fourth-order valence-corrected chi connectivity index (χ4v) is 2.68. The Kier molecular flexibility index (Phi) is 4.46. The second kappa shape index (κ2) is 6.10. The van der Waals surface area contributed by atoms with E-state index in [1.165, 1.54) is 7.11 Å². The number of hydrogen-bond acceptors (Lipinski definition) is 8. The third-order valence-corrected chi connectivity index (χ3v) is 3.89. The molecule has 0 bridgehead atoms. The van der Waals surface area contributed by atoms with E-state index in [2.05, 4.69) is 22.3 Å². The number of anilines is 1. The highest BCUT2D eigenvalue weighted by Crippen LogP contribution is 2.32. The average Bonchev–Trinajstić information content (AvgIpc) is 2.80. The molecule has 2 aromatic rings. The Bertz CT molecular complexity index is 669. The molecule has 0 spiro atoms. The van der Waals surface area contributed by atoms with Crippen molar-refractivity contribution >= 4 is 51.8 Å². The highest BCUT2D eigenvalue weighted by Gasteiger charge is 2.17. The van der Waals surface area contributed by atoms with E-state index in [0.717, 1.165) is 11.3 Å². The summed E-state index contributed by atoms with van der Waals surface area (Å²) in [7, 11) is 1.29. The van der Waals surface area contributed by atoms with Gasteiger partial charge in [0.25, 0.3) is 0 Å². The van der Waals surface area contributed by atoms with Crippen LogP contribution in [-0.4, -0.2) is 29.8 Å². The number of pyridine rings is 1. The van der Waals surface area contributed by atoms with Crippen LogP contribution in [0.1, 0.15) is 15.4 Å². The zero-order valence-electron chi connectivity index (χ0n) is 10.6. The van der Waals surface area contributed by atoms with Crippen molar-refractivity contribution in [3.05, 3.63) is 22.7 Å². The van der Waals surface area contributed by atoms with Gasteiger partial charge in [-0.2, -0.15) is 12.6 Å². The van der Waals surface area contributed by atoms with Crippen LogP contribution in [0.4, 0.5) is 5.69 Å². The minimum atomic E-state index is -0.492. The van der Waals surface area contributed by atoms with Gasteiger partial charge in [0.15, 0.2) is 0 Å². The maximum atomic E-state index is 11.5. The molecule has 2 N–H and O–H groups in total. The molecule has 20 heavy (non-hydrogen) atoms. The summed E-state index contributed by atoms with van der Waals surface area (Å²) in [6.07, 6.45) is 0. The number of hydrogen-bond donors (Lipinski definition) is 2. The van der Waals surface area contributed by atoms with Crippen LogP contribution in [0, 0.1) is 0 Å². The van der Waals surface area contributed by atoms with Crippen LogP contribution in [0.15, 0.2) is 12.1 Å². The number of thiol groups is 1. The molecule has 0 radical (unpaired) electrons. The molecule has 0 fully saturated rings. The maximum Gasteiger partial charge on any atom is 0.350 e. The fraction of sp³-hybridized carbons (Fsp3) is 0.250. The number of carbonyl (C=O) groups is 2. The van der Waals surface area contributed by atoms with E-state index < -0.39 is 11.9 Å². The predicted molar refractivity (Wildman–Crippen MR) is 79.0 cm³/mol. The van der Waals surface area contributed by atoms with E-state index >= 15 is 0 Å². The van der Waals surface area contributed by atoms with E-state index in [1.807, 2.05) is 0 Å². The van der Waals surface area contributed by atoms with Gasteiger partial charge in [-0.1, -0.05) is 0 Å². The average molecular weight is 312 g/mol. The van der Waals surface area contributed by atoms with E-state index in [-0.39, 0.29) is 12.4 Å². The summed E-state index contributed by atoms with van der Waals surface area (Å²) in [5.74, 6) is -0.898. The molecule has 0 aliphatic rings. The van der Waals surface area contributed by atoms with Crippen molar-refractivity contribution in [3.63, 3.8) is 0 Å². The van der Waals surface area contributed by atoms with Crippen molar-refractivity contribution in [2.75, 3.05) is 18.6 Å². The van der Waals surface area contributed by atoms with Crippen molar-refractivity contribution in [1.29, 1.82) is 0 Å². The lowest BCUT2D eigenvalue weighted by atomic mass is 10.2. The molecule has 2 rings (SSSR count). The van der Waals surface area contributed by atoms with Crippen molar-refractivity contribution < 1.29 is 19.1 Å². The molecule has 0 aromatic carbocycles. The number of ether oxygens (including phenoxy) is 2. The normalized spacial score (nSPS) is 10.5. The molecule has 8 heteroatoms. The molecule has 0 amide bonds. The third kappa shape index (κ3) is 2.86. The first kappa shape index (κ1) is 14.6. The minimum Gasteiger partial charge on any atom is -0.465 e. The van der Waals surface area contributed by atoms with Crippen molar-refractivity contribution in [1.82, 2.24) is 4.98 Å². The first-order chi connectivity index (χ1) is 9.56. The van der Waals surface area contributed by atoms with Crippen LogP contribution in [0.5, 0.6) is 0 Å². The monoisotopic (exact) mass is 312 g/mol. The van der Waals surface area contributed by atoms with Gasteiger partial charge < -0.3 is 15.2 Å². The summed E-state index contributed by atoms with van der Waals surface area (Å²) in [6, 6.07) is 3.43. The summed E-state index contributed by atoms with van der Waals surface area (Å²) in [5, 5.41) is 0.680. The number of nitrogens with two attached hydrogens (primary N) is 1. The molecule has 0 saturated carbocycles. The van der Waals surface area contributed by atoms with Gasteiger partial charge in [0.1, 0.15) is 16.3 Å². The number of methoxy groups -OCH3 is 1. The summed E-state index contributed by atoms with van der Waals surface area (Å²) >= 11 is 4.95. The summed E-state index contributed by atoms with van der Waals surface area (Å²) in [6.45, 7) is 0.0562. The zero-order valence-corrected chi connectivity index (χ0v) is 12.3. The molecule has 6 nitrogen and oxygen atoms in total. The van der Waals surface area contributed by atoms with E-state index in [0.29, 0.717) is 26.5 Å². The number of carbonyl (C=O) groups excluding carboxylic acids is 2. The Morgan fingerprint density at radius 3 is 2.85 bits per heavy atom. The Labute approximate surface area is 124 Å². The van der Waals surface area contributed by atoms with Crippen LogP contribution >= 0.6 is 24.0 Å². The summed E-state index contributed by atoms with van der Waals surface area (Å²) < 4.78 is 9.59. The van der Waals surface area contributed by atoms with Crippen LogP contribution in [0.3, 0.4) is 0 Å². The number of nitrogens with zero attached hydrogens (tertiary/aromatic N) is 1. The number of aromatic nitrogens is 1. The lowest BCUT2D eigenvalue weighted by Gasteiger charge is -2.02. The van der Waals surface area contributed by atoms with E-state index in [1.54, 1.807) is 12.1 Å². The highest BCUT2D eigenvalue weighted by molar-refractivity contribution is 7.81. The molecular weight excluding hydrogens is 300 g/mol. The minimum absolute atomic E-state index is 0.0146. The largest absolute Gasteiger partial charge is 0.465 e. The molecule has 0 aliphatic carbocycles. The number of rotatable bonds is 4. The first-order valence-corrected chi connectivity index (χ1v) is 7.04. The topological polar surface area (TPSA) is 91.5 Å². The van der Waals surface area contributed by atoms with Crippen LogP contribution in [0.25, 0.3) is 10.2 Å². The molecule has 2 heterocycles. The maximum absolute atomic E-state index is 11.5. The number of nitrogen functional groups attached to an aromatic ring is 1. The van der Waals surface area contributed by atoms with Gasteiger partial charge in [0, 0.05) is 5.39 Å². The van der Waals surface area contributed by atoms with Gasteiger partial charge >= 0.3 is 11.9 Å². The molecule has 0 unspecified atom stereocenters. The van der Waals surface area contributed by atoms with Crippen molar-refractivity contribution in [3.8, 4) is 0 Å². The van der Waals surface area contributed by atoms with Crippen LogP contribution in [-0.2, 0) is 20.9 Å². The van der Waals surface area contributed by atoms with Gasteiger partial charge in [-0.05, 0) is 12.1 Å². The van der Waals surface area contributed by atoms with Gasteiger partial charge in [0.05, 0.1) is 24.2 Å². The lowest BCUT2D eigenvalue weighted by molar-refractivity contribution is -0.141. The number of fused-ring (bicyclic) bond motifs is 1. The van der Waals surface area contributed by atoms with Crippen LogP contribution in [0.2, 0.25) is 0 Å². The van der Waals surface area contributed by atoms with E-state index in [4.69, 9.17) is 10.5 Å². The van der Waals surface area contributed by atoms with E-state index in [9.17, 15) is 9.59 Å². The Morgan fingerprint density at radius 2 is 2.20 bits per heavy atom. The molecule has 2 aromatic heterocycles. The van der Waals surface area contributed by atoms with Crippen molar-refractivity contribution in [2.45, 2.75) is 6.61 Å². The highest BCUT2D eigenvalue weighted by atomic mass is 32.1. The lowest BCUT2D eigenvalue weighted by Crippen LogP contribution is -2.06. The van der Waals surface area contributed by atoms with Crippen LogP contribution < -0.4 is 5.73 Å². The smallest absolute Gasteiger partial charge is 0.350 e. The second-order valence-electron chi connectivity index (χ2n) is 3.81. The second-order valence-corrected chi connectivity index (χ2v) is 5.13. The number of thiophene rings is 1.